The van der Waals surface area contributed by atoms with Gasteiger partial charge in [-0.3, -0.25) is 0 Å². The van der Waals surface area contributed by atoms with Crippen LogP contribution in [0.3, 0.4) is 0 Å². The fourth-order valence-electron chi connectivity index (χ4n) is 0.907. The summed E-state index contributed by atoms with van der Waals surface area (Å²) in [6.07, 6.45) is 3.26. The molecule has 4 nitrogen and oxygen atoms in total. The van der Waals surface area contributed by atoms with Crippen molar-refractivity contribution in [3.8, 4) is 0 Å². The van der Waals surface area contributed by atoms with E-state index in [4.69, 9.17) is 16.3 Å². The number of anilines is 1. The van der Waals surface area contributed by atoms with E-state index in [1.165, 1.54) is 6.33 Å². The van der Waals surface area contributed by atoms with Crippen molar-refractivity contribution >= 4 is 17.4 Å². The van der Waals surface area contributed by atoms with Crippen molar-refractivity contribution in [2.75, 3.05) is 18.5 Å². The minimum atomic E-state index is 0.248. The number of hydrogen-bond donors (Lipinski definition) is 1. The Morgan fingerprint density at radius 1 is 1.57 bits per heavy atom. The van der Waals surface area contributed by atoms with Crippen molar-refractivity contribution in [2.45, 2.75) is 20.0 Å². The smallest absolute Gasteiger partial charge is 0.148 e. The Bertz CT molecular complexity index is 281. The quantitative estimate of drug-likeness (QED) is 0.763. The Morgan fingerprint density at radius 3 is 3.00 bits per heavy atom. The largest absolute Gasteiger partial charge is 0.377 e. The second-order valence-electron chi connectivity index (χ2n) is 3.07. The Balaban J connectivity index is 2.28. The predicted octanol–water partition coefficient (Wildman–Crippen LogP) is 1.97. The van der Waals surface area contributed by atoms with Gasteiger partial charge in [0.15, 0.2) is 0 Å². The SMILES string of the molecule is CC(C)OCCNc1ncncc1Cl. The van der Waals surface area contributed by atoms with Gasteiger partial charge in [-0.15, -0.1) is 0 Å². The van der Waals surface area contributed by atoms with Crippen molar-refractivity contribution in [1.82, 2.24) is 9.97 Å². The van der Waals surface area contributed by atoms with Crippen molar-refractivity contribution in [2.24, 2.45) is 0 Å². The molecule has 0 bridgehead atoms. The van der Waals surface area contributed by atoms with Gasteiger partial charge in [0.05, 0.1) is 18.9 Å². The normalized spacial score (nSPS) is 10.6. The lowest BCUT2D eigenvalue weighted by atomic mass is 10.5. The molecule has 0 atom stereocenters. The van der Waals surface area contributed by atoms with Crippen molar-refractivity contribution in [3.05, 3.63) is 17.5 Å². The molecule has 1 rings (SSSR count). The molecular weight excluding hydrogens is 202 g/mol. The van der Waals surface area contributed by atoms with Crippen LogP contribution in [0.2, 0.25) is 5.02 Å². The van der Waals surface area contributed by atoms with E-state index in [0.717, 1.165) is 0 Å². The third-order valence-electron chi connectivity index (χ3n) is 1.51. The maximum atomic E-state index is 5.84. The minimum Gasteiger partial charge on any atom is -0.377 e. The summed E-state index contributed by atoms with van der Waals surface area (Å²) in [6.45, 7) is 5.32. The average molecular weight is 216 g/mol. The summed E-state index contributed by atoms with van der Waals surface area (Å²) >= 11 is 5.84. The van der Waals surface area contributed by atoms with Gasteiger partial charge in [0, 0.05) is 6.54 Å². The van der Waals surface area contributed by atoms with Gasteiger partial charge in [-0.2, -0.15) is 0 Å². The van der Waals surface area contributed by atoms with Crippen LogP contribution < -0.4 is 5.32 Å². The number of halogens is 1. The van der Waals surface area contributed by atoms with E-state index in [2.05, 4.69) is 15.3 Å². The molecule has 0 aliphatic carbocycles. The summed E-state index contributed by atoms with van der Waals surface area (Å²) in [5, 5.41) is 3.59. The second kappa shape index (κ2) is 5.78. The van der Waals surface area contributed by atoms with Gasteiger partial charge in [-0.25, -0.2) is 9.97 Å². The molecule has 14 heavy (non-hydrogen) atoms. The van der Waals surface area contributed by atoms with Crippen LogP contribution in [-0.2, 0) is 4.74 Å². The van der Waals surface area contributed by atoms with Crippen molar-refractivity contribution in [3.63, 3.8) is 0 Å². The standard InChI is InChI=1S/C9H14ClN3O/c1-7(2)14-4-3-12-9-8(10)5-11-6-13-9/h5-7H,3-4H2,1-2H3,(H,11,12,13). The monoisotopic (exact) mass is 215 g/mol. The van der Waals surface area contributed by atoms with Crippen LogP contribution in [0.5, 0.6) is 0 Å². The van der Waals surface area contributed by atoms with Crippen LogP contribution in [0, 0.1) is 0 Å². The molecule has 0 saturated heterocycles. The van der Waals surface area contributed by atoms with Gasteiger partial charge < -0.3 is 10.1 Å². The Labute approximate surface area is 88.7 Å². The van der Waals surface area contributed by atoms with E-state index >= 15 is 0 Å². The van der Waals surface area contributed by atoms with Crippen LogP contribution in [0.25, 0.3) is 0 Å². The fourth-order valence-corrected chi connectivity index (χ4v) is 1.08. The maximum Gasteiger partial charge on any atom is 0.148 e. The predicted molar refractivity (Wildman–Crippen MR) is 56.6 cm³/mol. The van der Waals surface area contributed by atoms with Crippen LogP contribution in [-0.4, -0.2) is 29.2 Å². The molecule has 1 N–H and O–H groups in total. The lowest BCUT2D eigenvalue weighted by Crippen LogP contribution is -2.14. The van der Waals surface area contributed by atoms with E-state index in [-0.39, 0.29) is 6.10 Å². The lowest BCUT2D eigenvalue weighted by molar-refractivity contribution is 0.0870. The first kappa shape index (κ1) is 11.2. The molecule has 5 heteroatoms. The summed E-state index contributed by atoms with van der Waals surface area (Å²) in [6, 6.07) is 0. The molecule has 78 valence electrons. The molecular formula is C9H14ClN3O. The third-order valence-corrected chi connectivity index (χ3v) is 1.79. The van der Waals surface area contributed by atoms with Crippen molar-refractivity contribution in [1.29, 1.82) is 0 Å². The zero-order valence-electron chi connectivity index (χ0n) is 8.33. The number of nitrogens with one attached hydrogen (secondary N) is 1. The minimum absolute atomic E-state index is 0.248. The van der Waals surface area contributed by atoms with E-state index in [9.17, 15) is 0 Å². The van der Waals surface area contributed by atoms with E-state index < -0.39 is 0 Å². The highest BCUT2D eigenvalue weighted by Gasteiger charge is 1.99. The molecule has 0 radical (unpaired) electrons. The zero-order chi connectivity index (χ0) is 10.4. The van der Waals surface area contributed by atoms with Gasteiger partial charge in [0.25, 0.3) is 0 Å². The fraction of sp³-hybridized carbons (Fsp3) is 0.556. The molecule has 0 saturated carbocycles. The van der Waals surface area contributed by atoms with Crippen LogP contribution in [0.1, 0.15) is 13.8 Å². The Morgan fingerprint density at radius 2 is 2.36 bits per heavy atom. The van der Waals surface area contributed by atoms with E-state index in [1.54, 1.807) is 6.20 Å². The molecule has 0 fully saturated rings. The number of rotatable bonds is 5. The third kappa shape index (κ3) is 3.89. The first-order chi connectivity index (χ1) is 6.70. The van der Waals surface area contributed by atoms with Crippen LogP contribution in [0.4, 0.5) is 5.82 Å². The molecule has 0 spiro atoms. The number of hydrogen-bond acceptors (Lipinski definition) is 4. The molecule has 1 aromatic rings. The summed E-state index contributed by atoms with van der Waals surface area (Å²) in [7, 11) is 0. The molecule has 0 aliphatic rings. The molecule has 1 aromatic heterocycles. The van der Waals surface area contributed by atoms with Gasteiger partial charge in [-0.05, 0) is 13.8 Å². The molecule has 1 heterocycles. The first-order valence-electron chi connectivity index (χ1n) is 4.51. The summed E-state index contributed by atoms with van der Waals surface area (Å²) in [5.41, 5.74) is 0. The van der Waals surface area contributed by atoms with E-state index in [1.807, 2.05) is 13.8 Å². The highest BCUT2D eigenvalue weighted by Crippen LogP contribution is 2.15. The van der Waals surface area contributed by atoms with Gasteiger partial charge in [0.2, 0.25) is 0 Å². The topological polar surface area (TPSA) is 47.0 Å². The summed E-state index contributed by atoms with van der Waals surface area (Å²) < 4.78 is 5.35. The van der Waals surface area contributed by atoms with Crippen molar-refractivity contribution < 1.29 is 4.74 Å². The Hall–Kier alpha value is -0.870. The average Bonchev–Trinajstić information content (AvgIpc) is 2.15. The Kier molecular flexibility index (Phi) is 4.62. The highest BCUT2D eigenvalue weighted by molar-refractivity contribution is 6.32. The molecule has 0 amide bonds. The molecule has 0 aliphatic heterocycles. The molecule has 0 aromatic carbocycles. The molecule has 0 unspecified atom stereocenters. The van der Waals surface area contributed by atoms with Crippen LogP contribution >= 0.6 is 11.6 Å². The number of nitrogens with zero attached hydrogens (tertiary/aromatic N) is 2. The second-order valence-corrected chi connectivity index (χ2v) is 3.47. The number of aromatic nitrogens is 2. The highest BCUT2D eigenvalue weighted by atomic mass is 35.5. The summed E-state index contributed by atoms with van der Waals surface area (Å²) in [5.74, 6) is 0.647. The maximum absolute atomic E-state index is 5.84. The van der Waals surface area contributed by atoms with Gasteiger partial charge in [0.1, 0.15) is 17.2 Å². The van der Waals surface area contributed by atoms with Gasteiger partial charge in [-0.1, -0.05) is 11.6 Å². The first-order valence-corrected chi connectivity index (χ1v) is 4.89. The number of ether oxygens (including phenoxy) is 1. The zero-order valence-corrected chi connectivity index (χ0v) is 9.08. The summed E-state index contributed by atoms with van der Waals surface area (Å²) in [4.78, 5) is 7.77. The van der Waals surface area contributed by atoms with Crippen LogP contribution in [0.15, 0.2) is 12.5 Å². The van der Waals surface area contributed by atoms with E-state index in [0.29, 0.717) is 24.0 Å². The van der Waals surface area contributed by atoms with Gasteiger partial charge >= 0.3 is 0 Å². The lowest BCUT2D eigenvalue weighted by Gasteiger charge is -2.09.